The lowest BCUT2D eigenvalue weighted by Gasteiger charge is -2.43. The summed E-state index contributed by atoms with van der Waals surface area (Å²) >= 11 is 0. The highest BCUT2D eigenvalue weighted by Crippen LogP contribution is 2.24. The van der Waals surface area contributed by atoms with Crippen molar-refractivity contribution in [2.45, 2.75) is 163 Å². The van der Waals surface area contributed by atoms with Crippen molar-refractivity contribution in [2.24, 2.45) is 0 Å². The maximum absolute atomic E-state index is 12.5. The van der Waals surface area contributed by atoms with Gasteiger partial charge in [-0.25, -0.2) is 4.79 Å². The zero-order chi connectivity index (χ0) is 25.5. The van der Waals surface area contributed by atoms with Gasteiger partial charge in [-0.05, 0) is 40.0 Å². The van der Waals surface area contributed by atoms with E-state index in [9.17, 15) is 4.79 Å². The third-order valence-electron chi connectivity index (χ3n) is 7.72. The first kappa shape index (κ1) is 33.2. The molecule has 0 saturated heterocycles. The van der Waals surface area contributed by atoms with E-state index in [-0.39, 0.29) is 12.2 Å². The van der Waals surface area contributed by atoms with Gasteiger partial charge in [0.1, 0.15) is 0 Å². The molecule has 0 amide bonds. The van der Waals surface area contributed by atoms with Crippen LogP contribution in [0.25, 0.3) is 0 Å². The van der Waals surface area contributed by atoms with Crippen LogP contribution >= 0.6 is 0 Å². The number of carbonyl (C=O) groups is 1. The number of hydrogen-bond donors (Lipinski definition) is 0. The van der Waals surface area contributed by atoms with Crippen molar-refractivity contribution < 1.29 is 14.0 Å². The fourth-order valence-corrected chi connectivity index (χ4v) is 5.13. The predicted molar refractivity (Wildman–Crippen MR) is 150 cm³/mol. The Morgan fingerprint density at radius 2 is 1.03 bits per heavy atom. The van der Waals surface area contributed by atoms with Crippen LogP contribution in [0.3, 0.4) is 0 Å². The highest BCUT2D eigenvalue weighted by Gasteiger charge is 2.36. The van der Waals surface area contributed by atoms with Crippen LogP contribution in [0, 0.1) is 0 Å². The monoisotopic (exact) mass is 480 g/mol. The van der Waals surface area contributed by atoms with Crippen molar-refractivity contribution in [3.8, 4) is 0 Å². The molecule has 0 N–H and O–H groups in total. The van der Waals surface area contributed by atoms with Crippen LogP contribution < -0.4 is 0 Å². The molecule has 0 aromatic rings. The van der Waals surface area contributed by atoms with Crippen LogP contribution in [0.15, 0.2) is 12.2 Å². The number of carbonyl (C=O) groups excluding carboxylic acids is 1. The molecule has 1 atom stereocenters. The summed E-state index contributed by atoms with van der Waals surface area (Å²) in [6.07, 6.45) is 25.0. The Morgan fingerprint density at radius 3 is 1.41 bits per heavy atom. The van der Waals surface area contributed by atoms with Crippen LogP contribution in [0.4, 0.5) is 0 Å². The van der Waals surface area contributed by atoms with Gasteiger partial charge in [-0.15, -0.1) is 0 Å². The molecule has 0 rings (SSSR count). The van der Waals surface area contributed by atoms with E-state index in [1.165, 1.54) is 109 Å². The average molecular weight is 481 g/mol. The van der Waals surface area contributed by atoms with Gasteiger partial charge in [0.15, 0.2) is 0 Å². The molecule has 0 fully saturated rings. The molecule has 0 aromatic carbocycles. The highest BCUT2D eigenvalue weighted by atomic mass is 16.6. The first-order chi connectivity index (χ1) is 16.5. The van der Waals surface area contributed by atoms with Crippen molar-refractivity contribution >= 4 is 5.97 Å². The van der Waals surface area contributed by atoms with E-state index in [1.807, 2.05) is 0 Å². The second-order valence-corrected chi connectivity index (χ2v) is 10.7. The molecule has 0 aliphatic carbocycles. The maximum Gasteiger partial charge on any atom is 0.337 e. The Hall–Kier alpha value is -0.830. The van der Waals surface area contributed by atoms with E-state index in [2.05, 4.69) is 34.3 Å². The third-order valence-corrected chi connectivity index (χ3v) is 7.72. The molecule has 0 aliphatic heterocycles. The van der Waals surface area contributed by atoms with Gasteiger partial charge in [-0.2, -0.15) is 0 Å². The van der Waals surface area contributed by atoms with E-state index >= 15 is 0 Å². The second kappa shape index (κ2) is 22.6. The van der Waals surface area contributed by atoms with Crippen LogP contribution in [-0.4, -0.2) is 36.3 Å². The number of unbranched alkanes of at least 4 members (excludes halogenated alkanes) is 16. The average Bonchev–Trinajstić information content (AvgIpc) is 2.84. The minimum atomic E-state index is -0.211. The molecule has 0 spiro atoms. The largest absolute Gasteiger partial charge is 0.409 e. The molecule has 0 bridgehead atoms. The number of nitrogens with zero attached hydrogens (tertiary/aromatic N) is 1. The summed E-state index contributed by atoms with van der Waals surface area (Å²) in [5.41, 5.74) is 0.519. The lowest BCUT2D eigenvalue weighted by molar-refractivity contribution is -0.967. The molecule has 202 valence electrons. The molecule has 34 heavy (non-hydrogen) atoms. The van der Waals surface area contributed by atoms with Crippen molar-refractivity contribution in [3.05, 3.63) is 12.2 Å². The van der Waals surface area contributed by atoms with Crippen molar-refractivity contribution in [3.63, 3.8) is 0 Å². The lowest BCUT2D eigenvalue weighted by Crippen LogP contribution is -2.57. The summed E-state index contributed by atoms with van der Waals surface area (Å²) < 4.78 is 7.00. The first-order valence-electron chi connectivity index (χ1n) is 15.2. The molecule has 1 unspecified atom stereocenters. The van der Waals surface area contributed by atoms with Crippen molar-refractivity contribution in [1.29, 1.82) is 0 Å². The van der Waals surface area contributed by atoms with Crippen molar-refractivity contribution in [2.75, 3.05) is 19.6 Å². The second-order valence-electron chi connectivity index (χ2n) is 10.7. The summed E-state index contributed by atoms with van der Waals surface area (Å²) in [7, 11) is 0. The summed E-state index contributed by atoms with van der Waals surface area (Å²) in [6.45, 7) is 17.9. The fourth-order valence-electron chi connectivity index (χ4n) is 5.13. The Balaban J connectivity index is 4.58. The molecule has 3 nitrogen and oxygen atoms in total. The molecule has 0 radical (unpaired) electrons. The summed E-state index contributed by atoms with van der Waals surface area (Å²) in [5.74, 6) is -0.211. The Morgan fingerprint density at radius 1 is 0.647 bits per heavy atom. The number of quaternary nitrogens is 1. The fraction of sp³-hybridized carbons (Fsp3) is 0.903. The topological polar surface area (TPSA) is 26.3 Å². The first-order valence-corrected chi connectivity index (χ1v) is 15.2. The SMILES string of the molecule is C=C(C)C(=O)OC(CCCCCCCCCC)[N+](CC)(CC)CCCCCCCCCCCC. The van der Waals surface area contributed by atoms with Crippen molar-refractivity contribution in [1.82, 2.24) is 0 Å². The summed E-state index contributed by atoms with van der Waals surface area (Å²) in [6, 6.07) is 0. The standard InChI is InChI=1S/C31H62NO2/c1-7-11-13-15-17-19-20-22-24-26-28-32(9-3,10-4)30(34-31(33)29(5)6)27-25-23-21-18-16-14-12-8-2/h30H,5,7-28H2,1-4,6H3/q+1. The quantitative estimate of drug-likeness (QED) is 0.0427. The summed E-state index contributed by atoms with van der Waals surface area (Å²) in [5, 5.41) is 0. The normalized spacial score (nSPS) is 12.6. The summed E-state index contributed by atoms with van der Waals surface area (Å²) in [4.78, 5) is 12.5. The molecule has 3 heteroatoms. The van der Waals surface area contributed by atoms with Gasteiger partial charge in [0, 0.05) is 12.0 Å². The number of rotatable bonds is 25. The van der Waals surface area contributed by atoms with Gasteiger partial charge >= 0.3 is 5.97 Å². The van der Waals surface area contributed by atoms with E-state index in [0.29, 0.717) is 5.57 Å². The number of hydrogen-bond acceptors (Lipinski definition) is 2. The zero-order valence-electron chi connectivity index (χ0n) is 24.1. The van der Waals surface area contributed by atoms with Gasteiger partial charge in [-0.1, -0.05) is 117 Å². The van der Waals surface area contributed by atoms with Crippen LogP contribution in [0.2, 0.25) is 0 Å². The van der Waals surface area contributed by atoms with Crippen LogP contribution in [-0.2, 0) is 9.53 Å². The molecule has 0 aliphatic rings. The van der Waals surface area contributed by atoms with E-state index in [1.54, 1.807) is 6.92 Å². The van der Waals surface area contributed by atoms with E-state index in [0.717, 1.165) is 37.0 Å². The number of esters is 1. The Bertz CT molecular complexity index is 484. The maximum atomic E-state index is 12.5. The smallest absolute Gasteiger partial charge is 0.337 e. The lowest BCUT2D eigenvalue weighted by atomic mass is 10.0. The number of ether oxygens (including phenoxy) is 1. The van der Waals surface area contributed by atoms with Gasteiger partial charge in [0.05, 0.1) is 19.6 Å². The molecule has 0 saturated carbocycles. The Kier molecular flexibility index (Phi) is 22.1. The molecule has 0 aromatic heterocycles. The zero-order valence-corrected chi connectivity index (χ0v) is 24.1. The van der Waals surface area contributed by atoms with E-state index in [4.69, 9.17) is 4.74 Å². The van der Waals surface area contributed by atoms with Crippen LogP contribution in [0.1, 0.15) is 157 Å². The van der Waals surface area contributed by atoms with Crippen LogP contribution in [0.5, 0.6) is 0 Å². The Labute approximate surface area is 214 Å². The van der Waals surface area contributed by atoms with E-state index < -0.39 is 0 Å². The predicted octanol–water partition coefficient (Wildman–Crippen LogP) is 9.74. The van der Waals surface area contributed by atoms with Gasteiger partial charge < -0.3 is 4.74 Å². The van der Waals surface area contributed by atoms with Gasteiger partial charge in [0.2, 0.25) is 6.23 Å². The minimum Gasteiger partial charge on any atom is -0.409 e. The van der Waals surface area contributed by atoms with Gasteiger partial charge in [-0.3, -0.25) is 4.48 Å². The molecular formula is C31H62NO2+. The highest BCUT2D eigenvalue weighted by molar-refractivity contribution is 5.87. The third kappa shape index (κ3) is 16.0. The van der Waals surface area contributed by atoms with Gasteiger partial charge in [0.25, 0.3) is 0 Å². The minimum absolute atomic E-state index is 0.0298. The molecule has 0 heterocycles. The molecular weight excluding hydrogens is 418 g/mol.